The lowest BCUT2D eigenvalue weighted by molar-refractivity contribution is 0.0694. The van der Waals surface area contributed by atoms with E-state index in [2.05, 4.69) is 0 Å². The third-order valence-electron chi connectivity index (χ3n) is 1.84. The number of hydrogen-bond donors (Lipinski definition) is 2. The molecule has 0 amide bonds. The van der Waals surface area contributed by atoms with Crippen molar-refractivity contribution in [2.45, 2.75) is 0 Å². The van der Waals surface area contributed by atoms with Crippen LogP contribution in [0.4, 0.5) is 0 Å². The Bertz CT molecular complexity index is 473. The first kappa shape index (κ1) is 8.07. The fraction of sp³-hybridized carbons (Fsp3) is 0. The Morgan fingerprint density at radius 3 is 2.77 bits per heavy atom. The fourth-order valence-corrected chi connectivity index (χ4v) is 1.99. The van der Waals surface area contributed by atoms with E-state index in [0.717, 1.165) is 4.70 Å². The Labute approximate surface area is 77.9 Å². The molecule has 1 heterocycles. The molecule has 4 heteroatoms. The summed E-state index contributed by atoms with van der Waals surface area (Å²) >= 11 is 1.47. The van der Waals surface area contributed by atoms with Gasteiger partial charge in [0.25, 0.3) is 0 Å². The largest absolute Gasteiger partial charge is 0.506 e. The molecule has 0 saturated heterocycles. The summed E-state index contributed by atoms with van der Waals surface area (Å²) in [6, 6.07) is 4.82. The minimum atomic E-state index is -1.11. The van der Waals surface area contributed by atoms with Gasteiger partial charge in [0.2, 0.25) is 0 Å². The number of thiophene rings is 1. The van der Waals surface area contributed by atoms with Gasteiger partial charge in [-0.05, 0) is 23.6 Å². The van der Waals surface area contributed by atoms with Crippen molar-refractivity contribution in [2.24, 2.45) is 0 Å². The van der Waals surface area contributed by atoms with Gasteiger partial charge >= 0.3 is 5.97 Å². The van der Waals surface area contributed by atoms with E-state index < -0.39 is 5.97 Å². The van der Waals surface area contributed by atoms with Crippen molar-refractivity contribution in [1.82, 2.24) is 0 Å². The molecule has 0 aliphatic heterocycles. The number of aromatic hydroxyl groups is 1. The van der Waals surface area contributed by atoms with Crippen molar-refractivity contribution in [1.29, 1.82) is 0 Å². The molecule has 0 saturated carbocycles. The van der Waals surface area contributed by atoms with Crippen LogP contribution in [0, 0.1) is 0 Å². The monoisotopic (exact) mass is 194 g/mol. The Morgan fingerprint density at radius 2 is 2.08 bits per heavy atom. The molecule has 0 atom stereocenters. The van der Waals surface area contributed by atoms with Gasteiger partial charge in [0, 0.05) is 10.1 Å². The van der Waals surface area contributed by atoms with E-state index in [9.17, 15) is 9.90 Å². The lowest BCUT2D eigenvalue weighted by atomic mass is 10.1. The molecule has 0 fully saturated rings. The first-order valence-corrected chi connectivity index (χ1v) is 4.50. The summed E-state index contributed by atoms with van der Waals surface area (Å²) in [5, 5.41) is 20.7. The second-order valence-corrected chi connectivity index (χ2v) is 3.55. The van der Waals surface area contributed by atoms with Crippen LogP contribution in [0.1, 0.15) is 10.4 Å². The zero-order valence-electron chi connectivity index (χ0n) is 6.52. The molecule has 66 valence electrons. The van der Waals surface area contributed by atoms with Gasteiger partial charge in [-0.25, -0.2) is 4.79 Å². The first-order valence-electron chi connectivity index (χ1n) is 3.62. The summed E-state index contributed by atoms with van der Waals surface area (Å²) < 4.78 is 0.891. The Balaban J connectivity index is 2.80. The smallest absolute Gasteiger partial charge is 0.339 e. The predicted octanol–water partition coefficient (Wildman–Crippen LogP) is 2.31. The molecule has 1 aromatic heterocycles. The molecule has 13 heavy (non-hydrogen) atoms. The van der Waals surface area contributed by atoms with Gasteiger partial charge in [-0.3, -0.25) is 0 Å². The molecule has 1 aromatic carbocycles. The minimum absolute atomic E-state index is 0.0501. The minimum Gasteiger partial charge on any atom is -0.506 e. The standard InChI is InChI=1S/C9H6O3S/c10-8-5-3-4-13-7(5)2-1-6(8)9(11)12/h1-4,10H,(H,11,12). The quantitative estimate of drug-likeness (QED) is 0.732. The lowest BCUT2D eigenvalue weighted by Crippen LogP contribution is -1.95. The van der Waals surface area contributed by atoms with Gasteiger partial charge in [-0.1, -0.05) is 0 Å². The Kier molecular flexibility index (Phi) is 1.70. The van der Waals surface area contributed by atoms with Crippen LogP contribution < -0.4 is 0 Å². The highest BCUT2D eigenvalue weighted by atomic mass is 32.1. The molecule has 0 spiro atoms. The molecule has 3 nitrogen and oxygen atoms in total. The van der Waals surface area contributed by atoms with Gasteiger partial charge < -0.3 is 10.2 Å². The third kappa shape index (κ3) is 1.15. The molecule has 2 rings (SSSR count). The average molecular weight is 194 g/mol. The lowest BCUT2D eigenvalue weighted by Gasteiger charge is -1.99. The van der Waals surface area contributed by atoms with Crippen molar-refractivity contribution in [3.05, 3.63) is 29.1 Å². The second-order valence-electron chi connectivity index (χ2n) is 2.60. The number of carbonyl (C=O) groups is 1. The van der Waals surface area contributed by atoms with Crippen molar-refractivity contribution in [2.75, 3.05) is 0 Å². The summed E-state index contributed by atoms with van der Waals surface area (Å²) in [5.41, 5.74) is -0.0501. The highest BCUT2D eigenvalue weighted by molar-refractivity contribution is 7.17. The number of rotatable bonds is 1. The number of phenols is 1. The molecular weight excluding hydrogens is 188 g/mol. The van der Waals surface area contributed by atoms with E-state index in [0.29, 0.717) is 5.39 Å². The second kappa shape index (κ2) is 2.74. The molecule has 2 aromatic rings. The molecule has 0 bridgehead atoms. The van der Waals surface area contributed by atoms with Crippen LogP contribution in [0.3, 0.4) is 0 Å². The van der Waals surface area contributed by atoms with Crippen LogP contribution in [0.25, 0.3) is 10.1 Å². The van der Waals surface area contributed by atoms with Gasteiger partial charge in [-0.2, -0.15) is 0 Å². The molecular formula is C9H6O3S. The van der Waals surface area contributed by atoms with Gasteiger partial charge in [0.05, 0.1) is 0 Å². The maximum atomic E-state index is 10.6. The Hall–Kier alpha value is -1.55. The molecule has 0 unspecified atom stereocenters. The summed E-state index contributed by atoms with van der Waals surface area (Å²) in [6.45, 7) is 0. The number of carboxylic acids is 1. The van der Waals surface area contributed by atoms with Crippen molar-refractivity contribution >= 4 is 27.4 Å². The molecule has 0 radical (unpaired) electrons. The van der Waals surface area contributed by atoms with Gasteiger partial charge in [0.1, 0.15) is 11.3 Å². The van der Waals surface area contributed by atoms with E-state index in [1.54, 1.807) is 12.1 Å². The normalized spacial score (nSPS) is 10.5. The summed E-state index contributed by atoms with van der Waals surface area (Å²) in [6.07, 6.45) is 0. The van der Waals surface area contributed by atoms with Gasteiger partial charge in [-0.15, -0.1) is 11.3 Å². The van der Waals surface area contributed by atoms with Crippen LogP contribution in [0.2, 0.25) is 0 Å². The highest BCUT2D eigenvalue weighted by Gasteiger charge is 2.12. The van der Waals surface area contributed by atoms with Crippen LogP contribution in [-0.4, -0.2) is 16.2 Å². The summed E-state index contributed by atoms with van der Waals surface area (Å²) in [5.74, 6) is -1.25. The summed E-state index contributed by atoms with van der Waals surface area (Å²) in [7, 11) is 0. The zero-order chi connectivity index (χ0) is 9.42. The highest BCUT2D eigenvalue weighted by Crippen LogP contribution is 2.31. The molecule has 0 aliphatic rings. The maximum absolute atomic E-state index is 10.6. The van der Waals surface area contributed by atoms with Crippen molar-refractivity contribution < 1.29 is 15.0 Å². The van der Waals surface area contributed by atoms with Crippen LogP contribution in [0.15, 0.2) is 23.6 Å². The number of hydrogen-bond acceptors (Lipinski definition) is 3. The maximum Gasteiger partial charge on any atom is 0.339 e. The van der Waals surface area contributed by atoms with Crippen molar-refractivity contribution in [3.8, 4) is 5.75 Å². The fourth-order valence-electron chi connectivity index (χ4n) is 1.20. The SMILES string of the molecule is O=C(O)c1ccc2sccc2c1O. The number of carboxylic acid groups (broad SMARTS) is 1. The van der Waals surface area contributed by atoms with E-state index in [-0.39, 0.29) is 11.3 Å². The predicted molar refractivity (Wildman–Crippen MR) is 50.4 cm³/mol. The van der Waals surface area contributed by atoms with Crippen LogP contribution in [-0.2, 0) is 0 Å². The van der Waals surface area contributed by atoms with Gasteiger partial charge in [0.15, 0.2) is 0 Å². The van der Waals surface area contributed by atoms with E-state index >= 15 is 0 Å². The molecule has 0 aliphatic carbocycles. The summed E-state index contributed by atoms with van der Waals surface area (Å²) in [4.78, 5) is 10.6. The van der Waals surface area contributed by atoms with Crippen LogP contribution >= 0.6 is 11.3 Å². The Morgan fingerprint density at radius 1 is 1.31 bits per heavy atom. The number of aromatic carboxylic acids is 1. The number of fused-ring (bicyclic) bond motifs is 1. The molecule has 2 N–H and O–H groups in total. The van der Waals surface area contributed by atoms with Crippen LogP contribution in [0.5, 0.6) is 5.75 Å². The first-order chi connectivity index (χ1) is 6.20. The van der Waals surface area contributed by atoms with E-state index in [4.69, 9.17) is 5.11 Å². The van der Waals surface area contributed by atoms with E-state index in [1.165, 1.54) is 17.4 Å². The topological polar surface area (TPSA) is 57.5 Å². The zero-order valence-corrected chi connectivity index (χ0v) is 7.34. The van der Waals surface area contributed by atoms with Crippen molar-refractivity contribution in [3.63, 3.8) is 0 Å². The third-order valence-corrected chi connectivity index (χ3v) is 2.72. The van der Waals surface area contributed by atoms with E-state index in [1.807, 2.05) is 5.38 Å². The number of benzene rings is 1. The average Bonchev–Trinajstić information content (AvgIpc) is 2.52.